The first-order valence-electron chi connectivity index (χ1n) is 9.22. The first-order valence-corrected chi connectivity index (χ1v) is 10.7. The maximum Gasteiger partial charge on any atom is 0.417 e. The lowest BCUT2D eigenvalue weighted by molar-refractivity contribution is -0.137. The lowest BCUT2D eigenvalue weighted by Gasteiger charge is -2.11. The molecule has 0 aromatic heterocycles. The highest BCUT2D eigenvalue weighted by molar-refractivity contribution is 6.53. The first-order chi connectivity index (χ1) is 15.5. The summed E-state index contributed by atoms with van der Waals surface area (Å²) in [5.41, 5.74) is -1.18. The second kappa shape index (κ2) is 9.29. The topological polar surface area (TPSA) is 58.2 Å². The molecule has 0 heterocycles. The number of carbonyl (C=O) groups excluding carboxylic acids is 2. The average Bonchev–Trinajstić information content (AvgIpc) is 3.28. The Kier molecular flexibility index (Phi) is 7.30. The third-order valence-corrected chi connectivity index (χ3v) is 6.50. The van der Waals surface area contributed by atoms with Crippen molar-refractivity contribution in [3.63, 3.8) is 0 Å². The van der Waals surface area contributed by atoms with E-state index in [1.165, 1.54) is 12.1 Å². The van der Waals surface area contributed by atoms with Gasteiger partial charge in [-0.2, -0.15) is 26.3 Å². The summed E-state index contributed by atoms with van der Waals surface area (Å²) >= 11 is 24.0. The summed E-state index contributed by atoms with van der Waals surface area (Å²) in [5, 5.41) is 3.33. The number of nitrogens with one attached hydrogen (secondary N) is 2. The van der Waals surface area contributed by atoms with E-state index in [-0.39, 0.29) is 21.8 Å². The predicted octanol–water partition coefficient (Wildman–Crippen LogP) is 6.83. The maximum absolute atomic E-state index is 12.9. The van der Waals surface area contributed by atoms with Crippen LogP contribution >= 0.6 is 46.4 Å². The van der Waals surface area contributed by atoms with Gasteiger partial charge in [0, 0.05) is 11.6 Å². The fourth-order valence-corrected chi connectivity index (χ4v) is 4.62. The zero-order valence-electron chi connectivity index (χ0n) is 16.4. The van der Waals surface area contributed by atoms with Gasteiger partial charge in [0.25, 0.3) is 5.91 Å². The normalized spacial score (nSPS) is 19.5. The fourth-order valence-electron chi connectivity index (χ4n) is 3.30. The molecule has 1 aliphatic rings. The number of alkyl halides is 8. The Labute approximate surface area is 208 Å². The van der Waals surface area contributed by atoms with Crippen molar-refractivity contribution in [1.82, 2.24) is 5.32 Å². The molecule has 0 bridgehead atoms. The molecule has 2 atom stereocenters. The van der Waals surface area contributed by atoms with Crippen LogP contribution in [0.2, 0.25) is 10.0 Å². The average molecular weight is 568 g/mol. The third-order valence-electron chi connectivity index (χ3n) is 4.92. The van der Waals surface area contributed by atoms with Crippen LogP contribution in [0.25, 0.3) is 0 Å². The van der Waals surface area contributed by atoms with Crippen molar-refractivity contribution in [3.05, 3.63) is 63.1 Å². The number of hydrogen-bond donors (Lipinski definition) is 2. The van der Waals surface area contributed by atoms with E-state index in [2.05, 4.69) is 5.32 Å². The number of benzene rings is 2. The van der Waals surface area contributed by atoms with E-state index >= 15 is 0 Å². The molecule has 2 amide bonds. The molecule has 0 aliphatic heterocycles. The third kappa shape index (κ3) is 5.84. The zero-order valence-corrected chi connectivity index (χ0v) is 19.4. The van der Waals surface area contributed by atoms with Gasteiger partial charge in [-0.05, 0) is 35.9 Å². The summed E-state index contributed by atoms with van der Waals surface area (Å²) in [6.07, 6.45) is -9.31. The van der Waals surface area contributed by atoms with Crippen LogP contribution in [0.1, 0.15) is 27.4 Å². The van der Waals surface area contributed by atoms with Gasteiger partial charge in [0.2, 0.25) is 5.91 Å². The number of rotatable bonds is 5. The molecule has 184 valence electrons. The lowest BCUT2D eigenvalue weighted by atomic mass is 10.1. The molecular weight excluding hydrogens is 556 g/mol. The Hall–Kier alpha value is -1.88. The molecule has 1 saturated carbocycles. The predicted molar refractivity (Wildman–Crippen MR) is 116 cm³/mol. The molecule has 2 aromatic rings. The monoisotopic (exact) mass is 566 g/mol. The highest BCUT2D eigenvalue weighted by atomic mass is 35.5. The second-order valence-electron chi connectivity index (χ2n) is 7.35. The minimum atomic E-state index is -4.67. The van der Waals surface area contributed by atoms with Crippen LogP contribution in [0.4, 0.5) is 32.0 Å². The Morgan fingerprint density at radius 3 is 2.15 bits per heavy atom. The van der Waals surface area contributed by atoms with Gasteiger partial charge in [-0.25, -0.2) is 0 Å². The number of halogens is 10. The van der Waals surface area contributed by atoms with Gasteiger partial charge in [-0.15, -0.1) is 23.2 Å². The van der Waals surface area contributed by atoms with E-state index in [4.69, 9.17) is 46.4 Å². The van der Waals surface area contributed by atoms with Crippen molar-refractivity contribution in [2.24, 2.45) is 5.92 Å². The van der Waals surface area contributed by atoms with Gasteiger partial charge >= 0.3 is 12.4 Å². The molecule has 1 unspecified atom stereocenters. The number of hydrogen-bond acceptors (Lipinski definition) is 2. The molecule has 4 nitrogen and oxygen atoms in total. The molecule has 0 spiro atoms. The Morgan fingerprint density at radius 1 is 0.941 bits per heavy atom. The van der Waals surface area contributed by atoms with Crippen molar-refractivity contribution >= 4 is 63.9 Å². The maximum atomic E-state index is 12.9. The molecule has 1 aliphatic carbocycles. The molecule has 14 heteroatoms. The second-order valence-corrected chi connectivity index (χ2v) is 9.61. The zero-order chi connectivity index (χ0) is 25.6. The molecule has 1 fully saturated rings. The first kappa shape index (κ1) is 26.7. The number of carbonyl (C=O) groups is 2. The van der Waals surface area contributed by atoms with Gasteiger partial charge < -0.3 is 10.6 Å². The van der Waals surface area contributed by atoms with Crippen LogP contribution in [-0.2, 0) is 11.0 Å². The molecule has 0 radical (unpaired) electrons. The largest absolute Gasteiger partial charge is 0.417 e. The SMILES string of the molecule is O=C(NCC(F)(F)F)c1cc(NC(=O)[C@@H]2C(c3ccc(C(F)(F)F)c(Cl)c3)C2(Cl)Cl)ccc1Cl. The highest BCUT2D eigenvalue weighted by Gasteiger charge is 2.67. The fraction of sp³-hybridized carbons (Fsp3) is 0.300. The molecule has 34 heavy (non-hydrogen) atoms. The van der Waals surface area contributed by atoms with E-state index < -0.39 is 57.5 Å². The minimum absolute atomic E-state index is 0.00629. The van der Waals surface area contributed by atoms with Gasteiger partial charge in [-0.3, -0.25) is 9.59 Å². The quantitative estimate of drug-likeness (QED) is 0.307. The summed E-state index contributed by atoms with van der Waals surface area (Å²) in [7, 11) is 0. The molecule has 2 N–H and O–H groups in total. The van der Waals surface area contributed by atoms with Crippen LogP contribution in [-0.4, -0.2) is 28.9 Å². The Balaban J connectivity index is 1.76. The van der Waals surface area contributed by atoms with Crippen LogP contribution in [0.15, 0.2) is 36.4 Å². The summed E-state index contributed by atoms with van der Waals surface area (Å²) in [4.78, 5) is 24.8. The lowest BCUT2D eigenvalue weighted by Crippen LogP contribution is -2.33. The van der Waals surface area contributed by atoms with Gasteiger partial charge in [-0.1, -0.05) is 29.3 Å². The molecule has 2 aromatic carbocycles. The van der Waals surface area contributed by atoms with Gasteiger partial charge in [0.1, 0.15) is 10.9 Å². The van der Waals surface area contributed by atoms with Crippen LogP contribution < -0.4 is 10.6 Å². The van der Waals surface area contributed by atoms with E-state index in [1.54, 1.807) is 5.32 Å². The van der Waals surface area contributed by atoms with Crippen molar-refractivity contribution < 1.29 is 35.9 Å². The highest BCUT2D eigenvalue weighted by Crippen LogP contribution is 2.65. The summed E-state index contributed by atoms with van der Waals surface area (Å²) in [5.74, 6) is -3.85. The smallest absolute Gasteiger partial charge is 0.343 e. The van der Waals surface area contributed by atoms with Crippen molar-refractivity contribution in [2.45, 2.75) is 22.6 Å². The van der Waals surface area contributed by atoms with Crippen LogP contribution in [0.3, 0.4) is 0 Å². The summed E-state index contributed by atoms with van der Waals surface area (Å²) < 4.78 is 74.1. The molecular formula is C20H12Cl4F6N2O2. The molecule has 3 rings (SSSR count). The van der Waals surface area contributed by atoms with Gasteiger partial charge in [0.15, 0.2) is 0 Å². The summed E-state index contributed by atoms with van der Waals surface area (Å²) in [6.45, 7) is -1.58. The number of anilines is 1. The van der Waals surface area contributed by atoms with Crippen molar-refractivity contribution in [3.8, 4) is 0 Å². The Bertz CT molecular complexity index is 1140. The van der Waals surface area contributed by atoms with Gasteiger partial charge in [0.05, 0.1) is 27.1 Å². The summed E-state index contributed by atoms with van der Waals surface area (Å²) in [6, 6.07) is 6.42. The standard InChI is InChI=1S/C20H12Cl4F6N2O2/c21-12-4-2-9(6-10(12)16(33)31-7-18(25,26)27)32-17(34)15-14(19(15,23)24)8-1-3-11(13(22)5-8)20(28,29)30/h1-6,14-15H,7H2,(H,31,33)(H,32,34)/t14?,15-/m0/s1. The number of amides is 2. The minimum Gasteiger partial charge on any atom is -0.343 e. The van der Waals surface area contributed by atoms with E-state index in [1.807, 2.05) is 0 Å². The van der Waals surface area contributed by atoms with E-state index in [9.17, 15) is 35.9 Å². The van der Waals surface area contributed by atoms with E-state index in [0.717, 1.165) is 24.3 Å². The Morgan fingerprint density at radius 2 is 1.59 bits per heavy atom. The molecule has 0 saturated heterocycles. The van der Waals surface area contributed by atoms with Crippen molar-refractivity contribution in [1.29, 1.82) is 0 Å². The van der Waals surface area contributed by atoms with Crippen LogP contribution in [0.5, 0.6) is 0 Å². The van der Waals surface area contributed by atoms with Crippen molar-refractivity contribution in [2.75, 3.05) is 11.9 Å². The van der Waals surface area contributed by atoms with Crippen LogP contribution in [0, 0.1) is 5.92 Å². The van der Waals surface area contributed by atoms with E-state index in [0.29, 0.717) is 0 Å².